The summed E-state index contributed by atoms with van der Waals surface area (Å²) in [5, 5.41) is 13.1. The molecule has 0 fully saturated rings. The van der Waals surface area contributed by atoms with Gasteiger partial charge in [-0.05, 0) is 24.3 Å². The average Bonchev–Trinajstić information content (AvgIpc) is 2.47. The van der Waals surface area contributed by atoms with Crippen LogP contribution in [0.5, 0.6) is 5.75 Å². The van der Waals surface area contributed by atoms with Gasteiger partial charge in [0.05, 0.1) is 4.92 Å². The number of anilines is 1. The van der Waals surface area contributed by atoms with Crippen LogP contribution in [0, 0.1) is 10.1 Å². The quantitative estimate of drug-likeness (QED) is 0.484. The van der Waals surface area contributed by atoms with Gasteiger partial charge in [-0.2, -0.15) is 8.42 Å². The molecule has 0 radical (unpaired) electrons. The molecule has 10 heteroatoms. The van der Waals surface area contributed by atoms with Crippen LogP contribution in [0.2, 0.25) is 0 Å². The lowest BCUT2D eigenvalue weighted by atomic mass is 10.2. The standard InChI is InChI=1S/C13H11N3O6S/c14-13(17)15-11-7-6-10(8-12(11)16(18)19)23(20,21)22-9-4-2-1-3-5-9/h1-8H,(H3,14,15,17). The molecule has 0 saturated carbocycles. The maximum absolute atomic E-state index is 12.2. The fourth-order valence-corrected chi connectivity index (χ4v) is 2.66. The molecular formula is C13H11N3O6S. The Morgan fingerprint density at radius 2 is 1.83 bits per heavy atom. The van der Waals surface area contributed by atoms with Gasteiger partial charge < -0.3 is 15.2 Å². The molecule has 2 aromatic rings. The second-order valence-electron chi connectivity index (χ2n) is 4.28. The van der Waals surface area contributed by atoms with Crippen LogP contribution < -0.4 is 15.2 Å². The monoisotopic (exact) mass is 337 g/mol. The van der Waals surface area contributed by atoms with Crippen molar-refractivity contribution in [3.8, 4) is 5.75 Å². The highest BCUT2D eigenvalue weighted by Gasteiger charge is 2.23. The van der Waals surface area contributed by atoms with Gasteiger partial charge in [0.15, 0.2) is 0 Å². The summed E-state index contributed by atoms with van der Waals surface area (Å²) in [6.45, 7) is 0. The van der Waals surface area contributed by atoms with E-state index >= 15 is 0 Å². The summed E-state index contributed by atoms with van der Waals surface area (Å²) in [7, 11) is -4.26. The molecule has 0 aliphatic carbocycles. The number of carbonyl (C=O) groups is 1. The second-order valence-corrected chi connectivity index (χ2v) is 5.82. The third-order valence-electron chi connectivity index (χ3n) is 2.66. The van der Waals surface area contributed by atoms with Gasteiger partial charge in [0.1, 0.15) is 16.3 Å². The molecule has 2 amide bonds. The number of carbonyl (C=O) groups excluding carboxylic acids is 1. The van der Waals surface area contributed by atoms with E-state index in [0.717, 1.165) is 18.2 Å². The first-order chi connectivity index (χ1) is 10.8. The van der Waals surface area contributed by atoms with Crippen molar-refractivity contribution < 1.29 is 22.3 Å². The molecule has 2 rings (SSSR count). The zero-order valence-electron chi connectivity index (χ0n) is 11.5. The van der Waals surface area contributed by atoms with Crippen LogP contribution in [0.25, 0.3) is 0 Å². The number of nitro benzene ring substituents is 1. The van der Waals surface area contributed by atoms with Crippen molar-refractivity contribution in [3.63, 3.8) is 0 Å². The first kappa shape index (κ1) is 16.2. The number of amides is 2. The van der Waals surface area contributed by atoms with Gasteiger partial charge in [0.2, 0.25) is 0 Å². The van der Waals surface area contributed by atoms with E-state index in [1.807, 2.05) is 5.32 Å². The summed E-state index contributed by atoms with van der Waals surface area (Å²) in [5.41, 5.74) is 4.06. The number of nitrogens with two attached hydrogens (primary N) is 1. The fraction of sp³-hybridized carbons (Fsp3) is 0. The molecule has 0 aliphatic heterocycles. The molecule has 0 unspecified atom stereocenters. The largest absolute Gasteiger partial charge is 0.379 e. The Kier molecular flexibility index (Phi) is 4.46. The first-order valence-corrected chi connectivity index (χ1v) is 7.55. The molecule has 120 valence electrons. The molecule has 0 bridgehead atoms. The van der Waals surface area contributed by atoms with Gasteiger partial charge in [-0.15, -0.1) is 0 Å². The number of hydrogen-bond donors (Lipinski definition) is 2. The molecule has 0 atom stereocenters. The highest BCUT2D eigenvalue weighted by molar-refractivity contribution is 7.87. The van der Waals surface area contributed by atoms with Gasteiger partial charge in [-0.3, -0.25) is 10.1 Å². The number of nitrogens with zero attached hydrogens (tertiary/aromatic N) is 1. The lowest BCUT2D eigenvalue weighted by molar-refractivity contribution is -0.384. The van der Waals surface area contributed by atoms with Crippen molar-refractivity contribution in [3.05, 3.63) is 58.6 Å². The molecule has 0 saturated heterocycles. The normalized spacial score (nSPS) is 10.8. The van der Waals surface area contributed by atoms with Crippen molar-refractivity contribution in [1.29, 1.82) is 0 Å². The molecule has 3 N–H and O–H groups in total. The molecular weight excluding hydrogens is 326 g/mol. The molecule has 0 spiro atoms. The number of benzene rings is 2. The number of nitrogens with one attached hydrogen (secondary N) is 1. The Bertz CT molecular complexity index is 851. The summed E-state index contributed by atoms with van der Waals surface area (Å²) in [5.74, 6) is 0.0643. The van der Waals surface area contributed by atoms with E-state index in [1.54, 1.807) is 18.2 Å². The van der Waals surface area contributed by atoms with Crippen LogP contribution >= 0.6 is 0 Å². The number of hydrogen-bond acceptors (Lipinski definition) is 6. The minimum Gasteiger partial charge on any atom is -0.379 e. The van der Waals surface area contributed by atoms with E-state index in [9.17, 15) is 23.3 Å². The summed E-state index contributed by atoms with van der Waals surface area (Å²) in [6.07, 6.45) is 0. The van der Waals surface area contributed by atoms with Crippen molar-refractivity contribution in [1.82, 2.24) is 0 Å². The highest BCUT2D eigenvalue weighted by Crippen LogP contribution is 2.28. The Hall–Kier alpha value is -3.14. The predicted molar refractivity (Wildman–Crippen MR) is 80.6 cm³/mol. The van der Waals surface area contributed by atoms with E-state index < -0.39 is 31.7 Å². The topological polar surface area (TPSA) is 142 Å². The summed E-state index contributed by atoms with van der Waals surface area (Å²) in [6, 6.07) is 9.58. The average molecular weight is 337 g/mol. The molecule has 0 aromatic heterocycles. The Labute approximate surface area is 131 Å². The third-order valence-corrected chi connectivity index (χ3v) is 3.90. The van der Waals surface area contributed by atoms with Gasteiger partial charge in [0.25, 0.3) is 5.69 Å². The summed E-state index contributed by atoms with van der Waals surface area (Å²) < 4.78 is 29.2. The fourth-order valence-electron chi connectivity index (χ4n) is 1.71. The first-order valence-electron chi connectivity index (χ1n) is 6.14. The maximum Gasteiger partial charge on any atom is 0.339 e. The number of para-hydroxylation sites is 1. The van der Waals surface area contributed by atoms with Gasteiger partial charge in [0, 0.05) is 6.07 Å². The van der Waals surface area contributed by atoms with Crippen molar-refractivity contribution in [2.45, 2.75) is 4.90 Å². The molecule has 0 aliphatic rings. The SMILES string of the molecule is NC(=O)Nc1ccc(S(=O)(=O)Oc2ccccc2)cc1[N+](=O)[O-]. The third kappa shape index (κ3) is 3.95. The van der Waals surface area contributed by atoms with Crippen molar-refractivity contribution in [2.24, 2.45) is 5.73 Å². The minimum absolute atomic E-state index is 0.0643. The van der Waals surface area contributed by atoms with E-state index in [1.165, 1.54) is 12.1 Å². The number of rotatable bonds is 5. The Balaban J connectivity index is 2.41. The van der Waals surface area contributed by atoms with Gasteiger partial charge in [-0.25, -0.2) is 4.79 Å². The zero-order valence-corrected chi connectivity index (χ0v) is 12.3. The summed E-state index contributed by atoms with van der Waals surface area (Å²) in [4.78, 5) is 20.6. The van der Waals surface area contributed by atoms with E-state index in [0.29, 0.717) is 0 Å². The summed E-state index contributed by atoms with van der Waals surface area (Å²) >= 11 is 0. The van der Waals surface area contributed by atoms with E-state index in [4.69, 9.17) is 9.92 Å². The zero-order chi connectivity index (χ0) is 17.0. The molecule has 23 heavy (non-hydrogen) atoms. The maximum atomic E-state index is 12.2. The molecule has 0 heterocycles. The Morgan fingerprint density at radius 1 is 1.17 bits per heavy atom. The smallest absolute Gasteiger partial charge is 0.339 e. The lowest BCUT2D eigenvalue weighted by Crippen LogP contribution is -2.20. The second kappa shape index (κ2) is 6.32. The van der Waals surface area contributed by atoms with E-state index in [-0.39, 0.29) is 11.4 Å². The van der Waals surface area contributed by atoms with E-state index in [2.05, 4.69) is 0 Å². The van der Waals surface area contributed by atoms with Crippen LogP contribution in [0.4, 0.5) is 16.2 Å². The number of primary amides is 1. The van der Waals surface area contributed by atoms with Crippen LogP contribution in [0.3, 0.4) is 0 Å². The Morgan fingerprint density at radius 3 is 2.39 bits per heavy atom. The number of nitro groups is 1. The molecule has 2 aromatic carbocycles. The highest BCUT2D eigenvalue weighted by atomic mass is 32.2. The van der Waals surface area contributed by atoms with Gasteiger partial charge in [-0.1, -0.05) is 18.2 Å². The predicted octanol–water partition coefficient (Wildman–Crippen LogP) is 1.85. The van der Waals surface area contributed by atoms with Crippen LogP contribution in [-0.4, -0.2) is 19.4 Å². The van der Waals surface area contributed by atoms with Crippen molar-refractivity contribution in [2.75, 3.05) is 5.32 Å². The number of urea groups is 1. The van der Waals surface area contributed by atoms with Crippen LogP contribution in [-0.2, 0) is 10.1 Å². The minimum atomic E-state index is -4.26. The van der Waals surface area contributed by atoms with Gasteiger partial charge >= 0.3 is 16.1 Å². The lowest BCUT2D eigenvalue weighted by Gasteiger charge is -2.08. The molecule has 9 nitrogen and oxygen atoms in total. The van der Waals surface area contributed by atoms with Crippen LogP contribution in [0.1, 0.15) is 0 Å². The van der Waals surface area contributed by atoms with Crippen LogP contribution in [0.15, 0.2) is 53.4 Å². The van der Waals surface area contributed by atoms with Crippen molar-refractivity contribution >= 4 is 27.5 Å².